The number of aliphatic hydroxyl groups is 1. The molecule has 4 aromatic rings. The molecule has 2 heterocycles. The van der Waals surface area contributed by atoms with E-state index in [-0.39, 0.29) is 5.92 Å². The Bertz CT molecular complexity index is 1140. The van der Waals surface area contributed by atoms with Crippen LogP contribution >= 0.6 is 11.3 Å². The summed E-state index contributed by atoms with van der Waals surface area (Å²) in [5.74, 6) is 0.236. The number of hydrogen-bond acceptors (Lipinski definition) is 5. The molecule has 1 atom stereocenters. The summed E-state index contributed by atoms with van der Waals surface area (Å²) in [6.45, 7) is 0. The number of nitrogens with one attached hydrogen (secondary N) is 2. The standard InChI is InChI=1S/C21H18N4O2S/c26-20(21(27,14-6-7-14)13-4-2-1-3-5-13)23-15-8-9-16-17(10-15)25-19(24-16)18-11-28-12-22-18/h1-5,8-12,14,27H,6-7H2,(H,23,26)(H,24,25). The zero-order valence-corrected chi connectivity index (χ0v) is 15.7. The van der Waals surface area contributed by atoms with Gasteiger partial charge in [-0.1, -0.05) is 30.3 Å². The van der Waals surface area contributed by atoms with Crippen LogP contribution in [0, 0.1) is 5.92 Å². The number of rotatable bonds is 5. The lowest BCUT2D eigenvalue weighted by Gasteiger charge is -2.27. The van der Waals surface area contributed by atoms with Gasteiger partial charge in [0.15, 0.2) is 11.4 Å². The smallest absolute Gasteiger partial charge is 0.261 e. The number of nitrogens with zero attached hydrogens (tertiary/aromatic N) is 2. The molecule has 0 aliphatic heterocycles. The van der Waals surface area contributed by atoms with Crippen LogP contribution in [-0.2, 0) is 10.4 Å². The fourth-order valence-corrected chi connectivity index (χ4v) is 4.05. The number of aromatic amines is 1. The van der Waals surface area contributed by atoms with Gasteiger partial charge in [0, 0.05) is 17.0 Å². The third-order valence-electron chi connectivity index (χ3n) is 5.14. The molecule has 1 amide bonds. The van der Waals surface area contributed by atoms with Crippen molar-refractivity contribution in [1.29, 1.82) is 0 Å². The Hall–Kier alpha value is -3.03. The number of benzene rings is 2. The molecule has 1 unspecified atom stereocenters. The minimum Gasteiger partial charge on any atom is -0.375 e. The van der Waals surface area contributed by atoms with Crippen LogP contribution in [0.3, 0.4) is 0 Å². The zero-order chi connectivity index (χ0) is 19.1. The Morgan fingerprint density at radius 2 is 2.04 bits per heavy atom. The molecule has 28 heavy (non-hydrogen) atoms. The molecule has 140 valence electrons. The van der Waals surface area contributed by atoms with Crippen LogP contribution in [0.15, 0.2) is 59.4 Å². The van der Waals surface area contributed by atoms with E-state index in [2.05, 4.69) is 20.3 Å². The van der Waals surface area contributed by atoms with Gasteiger partial charge in [-0.15, -0.1) is 11.3 Å². The highest BCUT2D eigenvalue weighted by molar-refractivity contribution is 7.07. The number of imidazole rings is 1. The van der Waals surface area contributed by atoms with Crippen molar-refractivity contribution in [3.63, 3.8) is 0 Å². The topological polar surface area (TPSA) is 90.9 Å². The van der Waals surface area contributed by atoms with Gasteiger partial charge in [0.1, 0.15) is 5.69 Å². The lowest BCUT2D eigenvalue weighted by Crippen LogP contribution is -2.42. The number of aromatic nitrogens is 3. The van der Waals surface area contributed by atoms with E-state index in [9.17, 15) is 9.90 Å². The number of thiazole rings is 1. The van der Waals surface area contributed by atoms with E-state index in [1.54, 1.807) is 23.7 Å². The van der Waals surface area contributed by atoms with Gasteiger partial charge in [-0.2, -0.15) is 0 Å². The fraction of sp³-hybridized carbons (Fsp3) is 0.190. The van der Waals surface area contributed by atoms with Crippen LogP contribution in [0.1, 0.15) is 18.4 Å². The minimum absolute atomic E-state index is 0.0537. The van der Waals surface area contributed by atoms with E-state index < -0.39 is 11.5 Å². The molecule has 1 aliphatic carbocycles. The number of carbonyl (C=O) groups is 1. The highest BCUT2D eigenvalue weighted by Crippen LogP contribution is 2.46. The molecule has 6 nitrogen and oxygen atoms in total. The Balaban J connectivity index is 1.45. The maximum Gasteiger partial charge on any atom is 0.261 e. The minimum atomic E-state index is -1.52. The molecule has 0 bridgehead atoms. The van der Waals surface area contributed by atoms with Crippen molar-refractivity contribution in [3.05, 3.63) is 65.0 Å². The number of carbonyl (C=O) groups excluding carboxylic acids is 1. The monoisotopic (exact) mass is 390 g/mol. The Kier molecular flexibility index (Phi) is 3.99. The number of anilines is 1. The normalized spacial score (nSPS) is 16.0. The molecule has 2 aromatic heterocycles. The summed E-state index contributed by atoms with van der Waals surface area (Å²) in [6, 6.07) is 14.6. The SMILES string of the molecule is O=C(Nc1ccc2nc(-c3cscn3)[nH]c2c1)C(O)(c1ccccc1)C1CC1. The molecule has 0 saturated heterocycles. The van der Waals surface area contributed by atoms with Crippen LogP contribution in [0.2, 0.25) is 0 Å². The molecule has 1 saturated carbocycles. The quantitative estimate of drug-likeness (QED) is 0.482. The first-order chi connectivity index (χ1) is 13.6. The molecule has 0 radical (unpaired) electrons. The van der Waals surface area contributed by atoms with Crippen LogP contribution < -0.4 is 5.32 Å². The molecule has 3 N–H and O–H groups in total. The average Bonchev–Trinajstić information content (AvgIpc) is 3.27. The maximum absolute atomic E-state index is 13.0. The van der Waals surface area contributed by atoms with Gasteiger partial charge < -0.3 is 15.4 Å². The molecular formula is C21H18N4O2S. The van der Waals surface area contributed by atoms with Crippen molar-refractivity contribution in [3.8, 4) is 11.5 Å². The van der Waals surface area contributed by atoms with Gasteiger partial charge in [-0.3, -0.25) is 4.79 Å². The summed E-state index contributed by atoms with van der Waals surface area (Å²) in [7, 11) is 0. The van der Waals surface area contributed by atoms with Crippen LogP contribution in [0.5, 0.6) is 0 Å². The summed E-state index contributed by atoms with van der Waals surface area (Å²) >= 11 is 1.51. The van der Waals surface area contributed by atoms with Gasteiger partial charge in [0.05, 0.1) is 16.5 Å². The second-order valence-electron chi connectivity index (χ2n) is 7.05. The van der Waals surface area contributed by atoms with E-state index in [4.69, 9.17) is 0 Å². The zero-order valence-electron chi connectivity index (χ0n) is 14.9. The van der Waals surface area contributed by atoms with Crippen molar-refractivity contribution < 1.29 is 9.90 Å². The van der Waals surface area contributed by atoms with Crippen LogP contribution in [0.4, 0.5) is 5.69 Å². The molecule has 7 heteroatoms. The number of amides is 1. The fourth-order valence-electron chi connectivity index (χ4n) is 3.51. The third-order valence-corrected chi connectivity index (χ3v) is 5.73. The average molecular weight is 390 g/mol. The van der Waals surface area contributed by atoms with E-state index in [1.807, 2.05) is 35.7 Å². The largest absolute Gasteiger partial charge is 0.375 e. The van der Waals surface area contributed by atoms with Crippen molar-refractivity contribution in [2.24, 2.45) is 5.92 Å². The molecule has 5 rings (SSSR count). The number of H-pyrrole nitrogens is 1. The molecule has 0 spiro atoms. The first-order valence-electron chi connectivity index (χ1n) is 9.12. The summed E-state index contributed by atoms with van der Waals surface area (Å²) in [6.07, 6.45) is 1.69. The Labute approximate surface area is 165 Å². The van der Waals surface area contributed by atoms with E-state index in [0.29, 0.717) is 17.1 Å². The molecule has 1 aliphatic rings. The lowest BCUT2D eigenvalue weighted by atomic mass is 9.87. The van der Waals surface area contributed by atoms with Gasteiger partial charge in [-0.25, -0.2) is 9.97 Å². The molecular weight excluding hydrogens is 372 g/mol. The number of fused-ring (bicyclic) bond motifs is 1. The van der Waals surface area contributed by atoms with Crippen molar-refractivity contribution in [1.82, 2.24) is 15.0 Å². The summed E-state index contributed by atoms with van der Waals surface area (Å²) in [4.78, 5) is 25.1. The van der Waals surface area contributed by atoms with Gasteiger partial charge in [0.25, 0.3) is 5.91 Å². The van der Waals surface area contributed by atoms with Gasteiger partial charge in [-0.05, 0) is 36.6 Å². The molecule has 1 fully saturated rings. The van der Waals surface area contributed by atoms with Gasteiger partial charge in [0.2, 0.25) is 0 Å². The maximum atomic E-state index is 13.0. The van der Waals surface area contributed by atoms with Crippen LogP contribution in [0.25, 0.3) is 22.6 Å². The van der Waals surface area contributed by atoms with Crippen molar-refractivity contribution in [2.75, 3.05) is 5.32 Å². The predicted octanol–water partition coefficient (Wildman–Crippen LogP) is 3.92. The van der Waals surface area contributed by atoms with Crippen molar-refractivity contribution in [2.45, 2.75) is 18.4 Å². The predicted molar refractivity (Wildman–Crippen MR) is 109 cm³/mol. The third kappa shape index (κ3) is 2.89. The summed E-state index contributed by atoms with van der Waals surface area (Å²) in [5, 5.41) is 16.1. The Morgan fingerprint density at radius 3 is 2.75 bits per heavy atom. The van der Waals surface area contributed by atoms with E-state index >= 15 is 0 Å². The van der Waals surface area contributed by atoms with Crippen LogP contribution in [-0.4, -0.2) is 26.0 Å². The first-order valence-corrected chi connectivity index (χ1v) is 10.1. The number of hydrogen-bond donors (Lipinski definition) is 3. The summed E-state index contributed by atoms with van der Waals surface area (Å²) < 4.78 is 0. The first kappa shape index (κ1) is 17.1. The van der Waals surface area contributed by atoms with Gasteiger partial charge >= 0.3 is 0 Å². The van der Waals surface area contributed by atoms with Crippen molar-refractivity contribution >= 4 is 34.0 Å². The second kappa shape index (κ2) is 6.54. The second-order valence-corrected chi connectivity index (χ2v) is 7.77. The highest BCUT2D eigenvalue weighted by Gasteiger charge is 2.50. The van der Waals surface area contributed by atoms with E-state index in [0.717, 1.165) is 29.6 Å². The lowest BCUT2D eigenvalue weighted by molar-refractivity contribution is -0.137. The Morgan fingerprint density at radius 1 is 1.21 bits per heavy atom. The molecule has 2 aromatic carbocycles. The summed E-state index contributed by atoms with van der Waals surface area (Å²) in [5.41, 5.74) is 3.87. The van der Waals surface area contributed by atoms with E-state index in [1.165, 1.54) is 11.3 Å². The highest BCUT2D eigenvalue weighted by atomic mass is 32.1.